The second-order valence-corrected chi connectivity index (χ2v) is 18.1. The molecule has 8 N–H and O–H groups in total. The van der Waals surface area contributed by atoms with E-state index in [-0.39, 0.29) is 68.6 Å². The molecule has 73 heavy (non-hydrogen) atoms. The molecule has 4 unspecified atom stereocenters. The summed E-state index contributed by atoms with van der Waals surface area (Å²) in [5, 5.41) is 34.4. The number of rotatable bonds is 17. The zero-order valence-corrected chi connectivity index (χ0v) is 41.2. The van der Waals surface area contributed by atoms with E-state index >= 15 is 0 Å². The quantitative estimate of drug-likeness (QED) is 0.0424. The van der Waals surface area contributed by atoms with Gasteiger partial charge in [-0.2, -0.15) is 0 Å². The van der Waals surface area contributed by atoms with E-state index in [0.717, 1.165) is 61.3 Å². The molecule has 2 aliphatic rings. The summed E-state index contributed by atoms with van der Waals surface area (Å²) in [4.78, 5) is 72.7. The van der Waals surface area contributed by atoms with Crippen LogP contribution in [0.4, 0.5) is 21.0 Å². The Kier molecular flexibility index (Phi) is 19.2. The standard InChI is InChI=1S/C29H30N2O5.C22H23NO5.C7H9NO/c1-18(28(34)31-21-13-11-20(16-32)12-14-21)15-27(33)19(2)30-29(35)36-17-26-24-9-5-3-7-22(24)23-8-4-6-10-25(23)26;1-13(21(25)26)11-20(24)14(2)23-22(27)28-12-19-17-9-5-3-7-15(17)16-8-4-6-10-18(16)19;8-7-3-1-6(5-9)2-4-7/h3-14,18-19,26,32H,15-17H2,1-2H3,(H,30,35)(H,31,34);3-10,13-14,19H,11-12H2,1-2H3,(H,23,27)(H,25,26);1-4,9H,5,8H2. The second-order valence-electron chi connectivity index (χ2n) is 18.1. The van der Waals surface area contributed by atoms with Crippen molar-refractivity contribution in [2.24, 2.45) is 11.8 Å². The van der Waals surface area contributed by atoms with Crippen LogP contribution in [-0.4, -0.2) is 76.2 Å². The summed E-state index contributed by atoms with van der Waals surface area (Å²) in [6, 6.07) is 44.6. The Morgan fingerprint density at radius 2 is 0.849 bits per heavy atom. The van der Waals surface area contributed by atoms with Crippen molar-refractivity contribution >= 4 is 47.0 Å². The third-order valence-electron chi connectivity index (χ3n) is 12.8. The number of anilines is 2. The van der Waals surface area contributed by atoms with Gasteiger partial charge in [0.15, 0.2) is 11.6 Å². The highest BCUT2D eigenvalue weighted by Gasteiger charge is 2.31. The summed E-state index contributed by atoms with van der Waals surface area (Å²) in [6.45, 7) is 6.56. The van der Waals surface area contributed by atoms with Gasteiger partial charge in [0, 0.05) is 42.0 Å². The highest BCUT2D eigenvalue weighted by molar-refractivity contribution is 5.97. The summed E-state index contributed by atoms with van der Waals surface area (Å²) in [6.07, 6.45) is -1.52. The number of hydrogen-bond donors (Lipinski definition) is 7. The van der Waals surface area contributed by atoms with Gasteiger partial charge in [-0.05, 0) is 93.7 Å². The number of nitrogens with two attached hydrogens (primary N) is 1. The maximum atomic E-state index is 12.6. The number of ether oxygens (including phenoxy) is 2. The van der Waals surface area contributed by atoms with E-state index in [1.807, 2.05) is 72.8 Å². The lowest BCUT2D eigenvalue weighted by Crippen LogP contribution is -2.40. The van der Waals surface area contributed by atoms with Crippen LogP contribution in [-0.2, 0) is 41.9 Å². The number of nitrogens with one attached hydrogen (secondary N) is 3. The van der Waals surface area contributed by atoms with Gasteiger partial charge in [0.2, 0.25) is 5.91 Å². The lowest BCUT2D eigenvalue weighted by Gasteiger charge is -2.18. The molecular weight excluding hydrogens is 929 g/mol. The fourth-order valence-corrected chi connectivity index (χ4v) is 8.51. The van der Waals surface area contributed by atoms with E-state index in [9.17, 15) is 28.8 Å². The number of carbonyl (C=O) groups excluding carboxylic acids is 5. The Balaban J connectivity index is 0.000000207. The number of aliphatic hydroxyl groups excluding tert-OH is 2. The van der Waals surface area contributed by atoms with Crippen molar-refractivity contribution in [2.75, 3.05) is 24.3 Å². The first-order valence-electron chi connectivity index (χ1n) is 24.1. The monoisotopic (exact) mass is 990 g/mol. The second kappa shape index (κ2) is 25.8. The van der Waals surface area contributed by atoms with Crippen LogP contribution in [0.5, 0.6) is 0 Å². The van der Waals surface area contributed by atoms with E-state index in [1.165, 1.54) is 13.8 Å². The van der Waals surface area contributed by atoms with Crippen molar-refractivity contribution in [3.8, 4) is 22.3 Å². The minimum Gasteiger partial charge on any atom is -0.481 e. The molecule has 6 aromatic carbocycles. The number of ketones is 2. The molecule has 0 radical (unpaired) electrons. The SMILES string of the molecule is CC(CC(=O)C(C)NC(=O)OCC1c2ccccc2-c2ccccc21)C(=O)Nc1ccc(CO)cc1.CC(CC(=O)C(C)NC(=O)OCC1c2ccccc2-c2ccccc21)C(=O)O.Nc1ccc(CO)cc1. The molecule has 0 aromatic heterocycles. The highest BCUT2D eigenvalue weighted by Crippen LogP contribution is 2.45. The predicted octanol–water partition coefficient (Wildman–Crippen LogP) is 8.99. The summed E-state index contributed by atoms with van der Waals surface area (Å²) < 4.78 is 10.9. The van der Waals surface area contributed by atoms with Crippen molar-refractivity contribution in [1.82, 2.24) is 10.6 Å². The molecule has 0 bridgehead atoms. The molecule has 15 nitrogen and oxygen atoms in total. The molecular formula is C58H62N4O11. The van der Waals surface area contributed by atoms with E-state index in [4.69, 9.17) is 30.5 Å². The van der Waals surface area contributed by atoms with Crippen molar-refractivity contribution in [3.05, 3.63) is 179 Å². The Labute approximate surface area is 424 Å². The number of Topliss-reactive ketones (excluding diaryl/α,β-unsaturated/α-hetero) is 2. The maximum absolute atomic E-state index is 12.6. The summed E-state index contributed by atoms with van der Waals surface area (Å²) in [5.41, 5.74) is 17.3. The Bertz CT molecular complexity index is 2800. The van der Waals surface area contributed by atoms with Crippen LogP contribution in [0.1, 0.15) is 85.8 Å². The minimum atomic E-state index is -1.04. The third kappa shape index (κ3) is 14.5. The number of aliphatic carboxylic acids is 1. The van der Waals surface area contributed by atoms with Gasteiger partial charge >= 0.3 is 18.2 Å². The molecule has 3 amide bonds. The number of carboxylic acid groups (broad SMARTS) is 1. The van der Waals surface area contributed by atoms with Crippen molar-refractivity contribution < 1.29 is 53.6 Å². The van der Waals surface area contributed by atoms with Gasteiger partial charge in [0.05, 0.1) is 31.2 Å². The molecule has 2 aliphatic carbocycles. The van der Waals surface area contributed by atoms with E-state index in [1.54, 1.807) is 62.4 Å². The number of carbonyl (C=O) groups is 6. The van der Waals surface area contributed by atoms with Crippen LogP contribution >= 0.6 is 0 Å². The van der Waals surface area contributed by atoms with Gasteiger partial charge < -0.3 is 46.5 Å². The average molecular weight is 991 g/mol. The molecule has 15 heteroatoms. The van der Waals surface area contributed by atoms with Crippen LogP contribution < -0.4 is 21.7 Å². The fourth-order valence-electron chi connectivity index (χ4n) is 8.51. The molecule has 4 atom stereocenters. The zero-order chi connectivity index (χ0) is 52.6. The largest absolute Gasteiger partial charge is 0.481 e. The van der Waals surface area contributed by atoms with E-state index in [2.05, 4.69) is 40.2 Å². The van der Waals surface area contributed by atoms with Crippen LogP contribution in [0.15, 0.2) is 146 Å². The first-order chi connectivity index (χ1) is 35.1. The summed E-state index contributed by atoms with van der Waals surface area (Å²) in [5.74, 6) is -3.44. The van der Waals surface area contributed by atoms with Gasteiger partial charge in [0.1, 0.15) is 13.2 Å². The molecule has 0 saturated carbocycles. The molecule has 0 saturated heterocycles. The number of benzene rings is 6. The van der Waals surface area contributed by atoms with E-state index in [0.29, 0.717) is 5.69 Å². The first kappa shape index (κ1) is 54.2. The molecule has 0 aliphatic heterocycles. The zero-order valence-electron chi connectivity index (χ0n) is 41.2. The molecule has 0 fully saturated rings. The molecule has 8 rings (SSSR count). The normalized spacial score (nSPS) is 13.5. The molecule has 380 valence electrons. The smallest absolute Gasteiger partial charge is 0.407 e. The summed E-state index contributed by atoms with van der Waals surface area (Å²) >= 11 is 0. The Morgan fingerprint density at radius 3 is 1.21 bits per heavy atom. The highest BCUT2D eigenvalue weighted by atomic mass is 16.6. The predicted molar refractivity (Wildman–Crippen MR) is 278 cm³/mol. The molecule has 0 heterocycles. The number of aliphatic hydroxyl groups is 2. The minimum absolute atomic E-state index is 0.0224. The Morgan fingerprint density at radius 1 is 0.507 bits per heavy atom. The van der Waals surface area contributed by atoms with Crippen molar-refractivity contribution in [2.45, 2.75) is 77.7 Å². The van der Waals surface area contributed by atoms with Crippen molar-refractivity contribution in [3.63, 3.8) is 0 Å². The number of hydrogen-bond acceptors (Lipinski definition) is 11. The number of fused-ring (bicyclic) bond motifs is 6. The van der Waals surface area contributed by atoms with E-state index < -0.39 is 42.1 Å². The number of alkyl carbamates (subject to hydrolysis) is 2. The third-order valence-corrected chi connectivity index (χ3v) is 12.8. The van der Waals surface area contributed by atoms with Crippen LogP contribution in [0.25, 0.3) is 22.3 Å². The Hall–Kier alpha value is -8.14. The topological polar surface area (TPSA) is 244 Å². The van der Waals surface area contributed by atoms with Crippen LogP contribution in [0.3, 0.4) is 0 Å². The summed E-state index contributed by atoms with van der Waals surface area (Å²) in [7, 11) is 0. The maximum Gasteiger partial charge on any atom is 0.407 e. The number of nitrogen functional groups attached to an aromatic ring is 1. The van der Waals surface area contributed by atoms with Gasteiger partial charge in [-0.3, -0.25) is 19.2 Å². The van der Waals surface area contributed by atoms with Gasteiger partial charge in [0.25, 0.3) is 0 Å². The van der Waals surface area contributed by atoms with Gasteiger partial charge in [-0.25, -0.2) is 9.59 Å². The first-order valence-corrected chi connectivity index (χ1v) is 24.1. The van der Waals surface area contributed by atoms with Crippen LogP contribution in [0, 0.1) is 11.8 Å². The molecule has 0 spiro atoms. The van der Waals surface area contributed by atoms with Crippen LogP contribution in [0.2, 0.25) is 0 Å². The van der Waals surface area contributed by atoms with Crippen molar-refractivity contribution in [1.29, 1.82) is 0 Å². The number of carboxylic acids is 1. The lowest BCUT2D eigenvalue weighted by atomic mass is 9.98. The van der Waals surface area contributed by atoms with Gasteiger partial charge in [-0.1, -0.05) is 135 Å². The molecule has 6 aromatic rings. The number of amides is 3. The fraction of sp³-hybridized carbons (Fsp3) is 0.276. The lowest BCUT2D eigenvalue weighted by molar-refractivity contribution is -0.143. The van der Waals surface area contributed by atoms with Gasteiger partial charge in [-0.15, -0.1) is 0 Å². The average Bonchev–Trinajstić information content (AvgIpc) is 3.90.